The maximum atomic E-state index is 14.1. The van der Waals surface area contributed by atoms with Gasteiger partial charge in [-0.1, -0.05) is 24.3 Å². The van der Waals surface area contributed by atoms with E-state index < -0.39 is 40.7 Å². The summed E-state index contributed by atoms with van der Waals surface area (Å²) in [5.41, 5.74) is 1.54. The van der Waals surface area contributed by atoms with E-state index in [0.717, 1.165) is 22.1 Å². The highest BCUT2D eigenvalue weighted by molar-refractivity contribution is 6.25. The number of hydrazone groups is 1. The van der Waals surface area contributed by atoms with Crippen molar-refractivity contribution in [3.8, 4) is 11.5 Å². The van der Waals surface area contributed by atoms with Crippen molar-refractivity contribution in [3.05, 3.63) is 93.5 Å². The number of imide groups is 1. The van der Waals surface area contributed by atoms with Crippen LogP contribution in [0.4, 0.5) is 11.4 Å². The van der Waals surface area contributed by atoms with Gasteiger partial charge < -0.3 is 9.47 Å². The SMILES string of the molecule is COc1ccc(C(=O)[C@@H]2[C@@H]3C(=O)N(c4cc([N+](=O)[O-])ccc4OC)C(=O)[C@H]3[C@H]3c4ccccc4C=NN23)cc1. The lowest BCUT2D eigenvalue weighted by Crippen LogP contribution is -2.44. The van der Waals surface area contributed by atoms with Gasteiger partial charge in [0.05, 0.1) is 43.2 Å². The van der Waals surface area contributed by atoms with Crippen LogP contribution in [0.3, 0.4) is 0 Å². The number of Topliss-reactive ketones (excluding diaryl/α,β-unsaturated/α-hetero) is 1. The van der Waals surface area contributed by atoms with Crippen LogP contribution in [0.2, 0.25) is 0 Å². The quantitative estimate of drug-likeness (QED) is 0.207. The minimum absolute atomic E-state index is 0.0362. The van der Waals surface area contributed by atoms with Gasteiger partial charge in [0.25, 0.3) is 5.69 Å². The third kappa shape index (κ3) is 3.57. The normalized spacial score (nSPS) is 22.8. The minimum atomic E-state index is -1.08. The molecule has 6 rings (SSSR count). The topological polar surface area (TPSA) is 132 Å². The van der Waals surface area contributed by atoms with Gasteiger partial charge in [0.1, 0.15) is 23.2 Å². The summed E-state index contributed by atoms with van der Waals surface area (Å²) in [6.45, 7) is 0. The molecular weight excluding hydrogens is 504 g/mol. The van der Waals surface area contributed by atoms with Crippen LogP contribution in [-0.4, -0.2) is 54.0 Å². The molecule has 39 heavy (non-hydrogen) atoms. The van der Waals surface area contributed by atoms with Gasteiger partial charge in [-0.25, -0.2) is 4.90 Å². The number of hydrogen-bond acceptors (Lipinski definition) is 9. The summed E-state index contributed by atoms with van der Waals surface area (Å²) in [4.78, 5) is 53.9. The van der Waals surface area contributed by atoms with E-state index in [1.165, 1.54) is 26.4 Å². The van der Waals surface area contributed by atoms with E-state index in [1.807, 2.05) is 24.3 Å². The Morgan fingerprint density at radius 1 is 0.949 bits per heavy atom. The van der Waals surface area contributed by atoms with Crippen LogP contribution >= 0.6 is 0 Å². The molecule has 11 heteroatoms. The highest BCUT2D eigenvalue weighted by Crippen LogP contribution is 2.54. The fourth-order valence-corrected chi connectivity index (χ4v) is 5.80. The standard InChI is InChI=1S/C28H22N4O7/c1-38-18-10-7-15(8-11-18)26(33)25-23-22(24-19-6-4-3-5-16(19)14-29-31(24)25)27(34)30(28(23)35)20-13-17(32(36)37)9-12-21(20)39-2/h3-14,22-25H,1-2H3/t22-,23-,24-,25+/m1/s1. The van der Waals surface area contributed by atoms with Crippen molar-refractivity contribution >= 4 is 35.2 Å². The van der Waals surface area contributed by atoms with Crippen LogP contribution in [0, 0.1) is 22.0 Å². The molecule has 3 aromatic rings. The van der Waals surface area contributed by atoms with Crippen molar-refractivity contribution in [1.29, 1.82) is 0 Å². The number of fused-ring (bicyclic) bond motifs is 5. The van der Waals surface area contributed by atoms with Crippen LogP contribution in [0.5, 0.6) is 11.5 Å². The number of ether oxygens (including phenoxy) is 2. The maximum Gasteiger partial charge on any atom is 0.271 e. The van der Waals surface area contributed by atoms with E-state index in [9.17, 15) is 24.5 Å². The molecule has 0 spiro atoms. The predicted molar refractivity (Wildman–Crippen MR) is 139 cm³/mol. The van der Waals surface area contributed by atoms with E-state index >= 15 is 0 Å². The first-order valence-corrected chi connectivity index (χ1v) is 12.2. The van der Waals surface area contributed by atoms with Gasteiger partial charge in [-0.3, -0.25) is 29.5 Å². The van der Waals surface area contributed by atoms with Gasteiger partial charge in [-0.15, -0.1) is 0 Å². The molecule has 2 fully saturated rings. The second kappa shape index (κ2) is 9.05. The molecule has 3 aliphatic rings. The Kier molecular flexibility index (Phi) is 5.63. The van der Waals surface area contributed by atoms with E-state index in [4.69, 9.17) is 9.47 Å². The zero-order valence-corrected chi connectivity index (χ0v) is 20.9. The second-order valence-corrected chi connectivity index (χ2v) is 9.41. The Bertz CT molecular complexity index is 1570. The number of nitro groups is 1. The van der Waals surface area contributed by atoms with Crippen LogP contribution in [0.15, 0.2) is 71.8 Å². The summed E-state index contributed by atoms with van der Waals surface area (Å²) < 4.78 is 10.6. The lowest BCUT2D eigenvalue weighted by molar-refractivity contribution is -0.384. The summed E-state index contributed by atoms with van der Waals surface area (Å²) in [5.74, 6) is -2.93. The number of methoxy groups -OCH3 is 2. The zero-order chi connectivity index (χ0) is 27.4. The first kappa shape index (κ1) is 24.3. The van der Waals surface area contributed by atoms with Crippen molar-refractivity contribution in [2.75, 3.05) is 19.1 Å². The van der Waals surface area contributed by atoms with Crippen LogP contribution in [0.1, 0.15) is 27.5 Å². The second-order valence-electron chi connectivity index (χ2n) is 9.41. The number of carbonyl (C=O) groups is 3. The first-order valence-electron chi connectivity index (χ1n) is 12.2. The third-order valence-electron chi connectivity index (χ3n) is 7.55. The summed E-state index contributed by atoms with van der Waals surface area (Å²) >= 11 is 0. The van der Waals surface area contributed by atoms with Crippen molar-refractivity contribution in [1.82, 2.24) is 5.01 Å². The monoisotopic (exact) mass is 526 g/mol. The smallest absolute Gasteiger partial charge is 0.271 e. The summed E-state index contributed by atoms with van der Waals surface area (Å²) in [6, 6.07) is 15.8. The Morgan fingerprint density at radius 2 is 1.67 bits per heavy atom. The third-order valence-corrected chi connectivity index (χ3v) is 7.55. The van der Waals surface area contributed by atoms with Crippen LogP contribution in [-0.2, 0) is 9.59 Å². The molecule has 0 aliphatic carbocycles. The number of carbonyl (C=O) groups excluding carboxylic acids is 3. The van der Waals surface area contributed by atoms with Crippen LogP contribution in [0.25, 0.3) is 0 Å². The van der Waals surface area contributed by atoms with E-state index in [0.29, 0.717) is 11.3 Å². The van der Waals surface area contributed by atoms with E-state index in [2.05, 4.69) is 5.10 Å². The van der Waals surface area contributed by atoms with Gasteiger partial charge in [-0.05, 0) is 41.5 Å². The molecule has 3 heterocycles. The van der Waals surface area contributed by atoms with Gasteiger partial charge >= 0.3 is 0 Å². The Labute approximate surface area is 222 Å². The lowest BCUT2D eigenvalue weighted by atomic mass is 9.83. The van der Waals surface area contributed by atoms with Crippen molar-refractivity contribution in [2.45, 2.75) is 12.1 Å². The molecule has 196 valence electrons. The molecule has 3 aromatic carbocycles. The van der Waals surface area contributed by atoms with Gasteiger partial charge in [-0.2, -0.15) is 5.10 Å². The highest BCUT2D eigenvalue weighted by Gasteiger charge is 2.65. The number of ketones is 1. The molecule has 2 amide bonds. The Morgan fingerprint density at radius 3 is 2.36 bits per heavy atom. The van der Waals surface area contributed by atoms with Gasteiger partial charge in [0, 0.05) is 17.7 Å². The zero-order valence-electron chi connectivity index (χ0n) is 20.9. The summed E-state index contributed by atoms with van der Waals surface area (Å²) in [5, 5.41) is 17.6. The molecule has 0 N–H and O–H groups in total. The van der Waals surface area contributed by atoms with E-state index in [-0.39, 0.29) is 22.9 Å². The Balaban J connectivity index is 1.50. The maximum absolute atomic E-state index is 14.1. The van der Waals surface area contributed by atoms with Crippen molar-refractivity contribution in [3.63, 3.8) is 0 Å². The number of amides is 2. The van der Waals surface area contributed by atoms with E-state index in [1.54, 1.807) is 35.5 Å². The lowest BCUT2D eigenvalue weighted by Gasteiger charge is -2.33. The fraction of sp³-hybridized carbons (Fsp3) is 0.214. The first-order chi connectivity index (χ1) is 18.8. The molecule has 0 aromatic heterocycles. The molecule has 0 bridgehead atoms. The number of nitro benzene ring substituents is 1. The minimum Gasteiger partial charge on any atom is -0.497 e. The molecule has 0 saturated carbocycles. The number of non-ortho nitro benzene ring substituents is 1. The average Bonchev–Trinajstić information content (AvgIpc) is 3.44. The van der Waals surface area contributed by atoms with Crippen molar-refractivity contribution in [2.24, 2.45) is 16.9 Å². The molecule has 3 aliphatic heterocycles. The number of hydrogen-bond donors (Lipinski definition) is 0. The number of anilines is 1. The number of rotatable bonds is 6. The number of benzene rings is 3. The van der Waals surface area contributed by atoms with Gasteiger partial charge in [0.15, 0.2) is 5.78 Å². The summed E-state index contributed by atoms with van der Waals surface area (Å²) in [6.07, 6.45) is 1.62. The summed E-state index contributed by atoms with van der Waals surface area (Å²) in [7, 11) is 2.86. The van der Waals surface area contributed by atoms with Crippen molar-refractivity contribution < 1.29 is 28.8 Å². The molecule has 11 nitrogen and oxygen atoms in total. The molecule has 0 radical (unpaired) electrons. The van der Waals surface area contributed by atoms with Gasteiger partial charge in [0.2, 0.25) is 11.8 Å². The number of nitrogens with zero attached hydrogens (tertiary/aromatic N) is 4. The Hall–Kier alpha value is -5.06. The average molecular weight is 527 g/mol. The molecule has 2 saturated heterocycles. The fourth-order valence-electron chi connectivity index (χ4n) is 5.80. The molecule has 4 atom stereocenters. The highest BCUT2D eigenvalue weighted by atomic mass is 16.6. The molecule has 0 unspecified atom stereocenters. The predicted octanol–water partition coefficient (Wildman–Crippen LogP) is 3.37. The van der Waals surface area contributed by atoms with Crippen LogP contribution < -0.4 is 14.4 Å². The largest absolute Gasteiger partial charge is 0.497 e. The molecular formula is C28H22N4O7.